The minimum atomic E-state index is -0.389. The minimum absolute atomic E-state index is 0.172. The summed E-state index contributed by atoms with van der Waals surface area (Å²) in [7, 11) is 1.84. The van der Waals surface area contributed by atoms with Gasteiger partial charge in [0.25, 0.3) is 0 Å². The molecule has 1 aromatic rings. The first-order valence-electron chi connectivity index (χ1n) is 5.20. The summed E-state index contributed by atoms with van der Waals surface area (Å²) in [6.07, 6.45) is 0. The summed E-state index contributed by atoms with van der Waals surface area (Å²) < 4.78 is 13.5. The van der Waals surface area contributed by atoms with Gasteiger partial charge in [0.05, 0.1) is 12.2 Å². The summed E-state index contributed by atoms with van der Waals surface area (Å²) in [5.41, 5.74) is 1.03. The first-order valence-corrected chi connectivity index (χ1v) is 5.20. The number of likely N-dealkylation sites (N-methyl/N-ethyl adjacent to an activating group) is 1. The Labute approximate surface area is 93.4 Å². The Morgan fingerprint density at radius 3 is 3.12 bits per heavy atom. The van der Waals surface area contributed by atoms with E-state index in [0.717, 1.165) is 12.2 Å². The minimum Gasteiger partial charge on any atom is -0.359 e. The monoisotopic (exact) mass is 223 g/mol. The topological polar surface area (TPSA) is 44.4 Å². The maximum Gasteiger partial charge on any atom is 0.244 e. The van der Waals surface area contributed by atoms with Crippen molar-refractivity contribution in [3.05, 3.63) is 24.0 Å². The number of nitrogens with zero attached hydrogens (tertiary/aromatic N) is 1. The maximum absolute atomic E-state index is 13.5. The van der Waals surface area contributed by atoms with Crippen LogP contribution in [0, 0.1) is 5.82 Å². The van der Waals surface area contributed by atoms with Crippen LogP contribution in [-0.2, 0) is 4.79 Å². The fourth-order valence-corrected chi connectivity index (χ4v) is 1.78. The molecule has 1 aromatic carbocycles. The lowest BCUT2D eigenvalue weighted by molar-refractivity contribution is -0.115. The van der Waals surface area contributed by atoms with Gasteiger partial charge in [0.15, 0.2) is 0 Å². The smallest absolute Gasteiger partial charge is 0.244 e. The number of rotatable bonds is 3. The van der Waals surface area contributed by atoms with Crippen LogP contribution in [0.25, 0.3) is 0 Å². The molecule has 4 nitrogen and oxygen atoms in total. The van der Waals surface area contributed by atoms with Gasteiger partial charge in [-0.2, -0.15) is 0 Å². The third kappa shape index (κ3) is 1.99. The number of nitrogens with one attached hydrogen (secondary N) is 2. The molecule has 2 rings (SSSR count). The molecule has 5 heteroatoms. The second-order valence-corrected chi connectivity index (χ2v) is 3.71. The second-order valence-electron chi connectivity index (χ2n) is 3.71. The van der Waals surface area contributed by atoms with Gasteiger partial charge < -0.3 is 15.5 Å². The van der Waals surface area contributed by atoms with Gasteiger partial charge in [-0.15, -0.1) is 0 Å². The molecule has 1 heterocycles. The fraction of sp³-hybridized carbons (Fsp3) is 0.364. The Hall–Kier alpha value is -1.62. The highest BCUT2D eigenvalue weighted by atomic mass is 19.1. The lowest BCUT2D eigenvalue weighted by Crippen LogP contribution is -2.41. The predicted molar refractivity (Wildman–Crippen MR) is 61.2 cm³/mol. The molecule has 16 heavy (non-hydrogen) atoms. The average molecular weight is 223 g/mol. The zero-order valence-electron chi connectivity index (χ0n) is 9.09. The lowest BCUT2D eigenvalue weighted by atomic mass is 10.2. The molecule has 1 aliphatic heterocycles. The van der Waals surface area contributed by atoms with Crippen molar-refractivity contribution in [2.45, 2.75) is 0 Å². The zero-order chi connectivity index (χ0) is 11.5. The number of anilines is 2. The van der Waals surface area contributed by atoms with Crippen molar-refractivity contribution in [1.29, 1.82) is 0 Å². The Balaban J connectivity index is 2.30. The van der Waals surface area contributed by atoms with Crippen LogP contribution in [0.3, 0.4) is 0 Å². The largest absolute Gasteiger partial charge is 0.359 e. The second kappa shape index (κ2) is 4.49. The van der Waals surface area contributed by atoms with Crippen LogP contribution >= 0.6 is 0 Å². The number of para-hydroxylation sites is 1. The molecule has 0 aromatic heterocycles. The summed E-state index contributed by atoms with van der Waals surface area (Å²) in [6.45, 7) is 1.71. The van der Waals surface area contributed by atoms with E-state index in [1.54, 1.807) is 6.07 Å². The van der Waals surface area contributed by atoms with Crippen molar-refractivity contribution in [3.8, 4) is 0 Å². The summed E-state index contributed by atoms with van der Waals surface area (Å²) >= 11 is 0. The maximum atomic E-state index is 13.5. The van der Waals surface area contributed by atoms with Crippen LogP contribution in [0.15, 0.2) is 18.2 Å². The van der Waals surface area contributed by atoms with Crippen LogP contribution in [0.2, 0.25) is 0 Å². The Morgan fingerprint density at radius 2 is 2.38 bits per heavy atom. The molecule has 0 saturated carbocycles. The number of hydrogen-bond donors (Lipinski definition) is 2. The van der Waals surface area contributed by atoms with Gasteiger partial charge in [0.2, 0.25) is 5.91 Å². The van der Waals surface area contributed by atoms with E-state index < -0.39 is 0 Å². The number of carbonyl (C=O) groups excluding carboxylic acids is 1. The van der Waals surface area contributed by atoms with Crippen molar-refractivity contribution in [3.63, 3.8) is 0 Å². The molecule has 86 valence electrons. The van der Waals surface area contributed by atoms with E-state index >= 15 is 0 Å². The molecule has 1 aliphatic rings. The number of hydrogen-bond acceptors (Lipinski definition) is 3. The molecule has 0 unspecified atom stereocenters. The molecule has 0 aliphatic carbocycles. The van der Waals surface area contributed by atoms with Gasteiger partial charge in [-0.05, 0) is 19.2 Å². The molecule has 0 radical (unpaired) electrons. The van der Waals surface area contributed by atoms with Crippen molar-refractivity contribution < 1.29 is 9.18 Å². The van der Waals surface area contributed by atoms with Gasteiger partial charge >= 0.3 is 0 Å². The van der Waals surface area contributed by atoms with Crippen molar-refractivity contribution in [2.75, 3.05) is 36.9 Å². The van der Waals surface area contributed by atoms with E-state index in [2.05, 4.69) is 10.6 Å². The van der Waals surface area contributed by atoms with E-state index in [0.29, 0.717) is 6.54 Å². The van der Waals surface area contributed by atoms with E-state index in [1.165, 1.54) is 6.07 Å². The number of carbonyl (C=O) groups is 1. The van der Waals surface area contributed by atoms with Gasteiger partial charge in [-0.25, -0.2) is 4.39 Å². The third-order valence-corrected chi connectivity index (χ3v) is 2.56. The van der Waals surface area contributed by atoms with Crippen LogP contribution in [0.1, 0.15) is 0 Å². The van der Waals surface area contributed by atoms with Crippen molar-refractivity contribution in [2.24, 2.45) is 0 Å². The molecular formula is C11H14FN3O. The standard InChI is InChI=1S/C11H14FN3O/c1-13-5-6-15-7-10(16)14-11-8(12)3-2-4-9(11)15/h2-4,13H,5-7H2,1H3,(H,14,16). The summed E-state index contributed by atoms with van der Waals surface area (Å²) in [6, 6.07) is 4.81. The lowest BCUT2D eigenvalue weighted by Gasteiger charge is -2.30. The van der Waals surface area contributed by atoms with Crippen LogP contribution in [0.4, 0.5) is 15.8 Å². The molecule has 0 bridgehead atoms. The Morgan fingerprint density at radius 1 is 1.56 bits per heavy atom. The quantitative estimate of drug-likeness (QED) is 0.796. The van der Waals surface area contributed by atoms with Crippen molar-refractivity contribution in [1.82, 2.24) is 5.32 Å². The first kappa shape index (κ1) is 10.9. The highest BCUT2D eigenvalue weighted by molar-refractivity contribution is 6.01. The molecule has 0 saturated heterocycles. The van der Waals surface area contributed by atoms with E-state index in [9.17, 15) is 9.18 Å². The number of benzene rings is 1. The van der Waals surface area contributed by atoms with Crippen LogP contribution in [-0.4, -0.2) is 32.6 Å². The number of amides is 1. The van der Waals surface area contributed by atoms with Gasteiger partial charge in [-0.1, -0.05) is 6.07 Å². The predicted octanol–water partition coefficient (Wildman–Crippen LogP) is 0.804. The SMILES string of the molecule is CNCCN1CC(=O)Nc2c(F)cccc21. The van der Waals surface area contributed by atoms with E-state index in [1.807, 2.05) is 18.0 Å². The zero-order valence-corrected chi connectivity index (χ0v) is 9.09. The molecule has 0 fully saturated rings. The summed E-state index contributed by atoms with van der Waals surface area (Å²) in [5, 5.41) is 5.57. The Kier molecular flexibility index (Phi) is 3.05. The Bertz CT molecular complexity index is 408. The van der Waals surface area contributed by atoms with Gasteiger partial charge in [-0.3, -0.25) is 4.79 Å². The number of fused-ring (bicyclic) bond motifs is 1. The van der Waals surface area contributed by atoms with E-state index in [-0.39, 0.29) is 24.0 Å². The molecule has 0 spiro atoms. The first-order chi connectivity index (χ1) is 7.72. The van der Waals surface area contributed by atoms with Gasteiger partial charge in [0, 0.05) is 13.1 Å². The third-order valence-electron chi connectivity index (χ3n) is 2.56. The average Bonchev–Trinajstić information content (AvgIpc) is 2.27. The highest BCUT2D eigenvalue weighted by Gasteiger charge is 2.23. The normalized spacial score (nSPS) is 14.6. The van der Waals surface area contributed by atoms with Crippen LogP contribution < -0.4 is 15.5 Å². The fourth-order valence-electron chi connectivity index (χ4n) is 1.78. The van der Waals surface area contributed by atoms with Crippen LogP contribution in [0.5, 0.6) is 0 Å². The van der Waals surface area contributed by atoms with E-state index in [4.69, 9.17) is 0 Å². The molecule has 0 atom stereocenters. The molecule has 1 amide bonds. The molecular weight excluding hydrogens is 209 g/mol. The number of halogens is 1. The summed E-state index contributed by atoms with van der Waals surface area (Å²) in [5.74, 6) is -0.561. The highest BCUT2D eigenvalue weighted by Crippen LogP contribution is 2.31. The molecule has 2 N–H and O–H groups in total. The van der Waals surface area contributed by atoms with Gasteiger partial charge in [0.1, 0.15) is 11.5 Å². The summed E-state index contributed by atoms with van der Waals surface area (Å²) in [4.78, 5) is 13.3. The van der Waals surface area contributed by atoms with Crippen molar-refractivity contribution >= 4 is 17.3 Å².